The van der Waals surface area contributed by atoms with Gasteiger partial charge in [-0.3, -0.25) is 0 Å². The molecule has 0 fully saturated rings. The molecule has 0 radical (unpaired) electrons. The highest BCUT2D eigenvalue weighted by atomic mass is 19.1. The fourth-order valence-corrected chi connectivity index (χ4v) is 1.85. The lowest BCUT2D eigenvalue weighted by Gasteiger charge is -2.18. The molecule has 0 saturated carbocycles. The maximum absolute atomic E-state index is 13.5. The van der Waals surface area contributed by atoms with Gasteiger partial charge in [-0.2, -0.15) is 10.1 Å². The highest BCUT2D eigenvalue weighted by molar-refractivity contribution is 5.39. The van der Waals surface area contributed by atoms with Crippen LogP contribution in [0.25, 0.3) is 0 Å². The predicted molar refractivity (Wildman–Crippen MR) is 77.1 cm³/mol. The van der Waals surface area contributed by atoms with Crippen molar-refractivity contribution in [3.05, 3.63) is 41.8 Å². The minimum Gasteiger partial charge on any atom is -0.364 e. The Balaban J connectivity index is 2.07. The molecule has 6 heteroatoms. The van der Waals surface area contributed by atoms with Crippen molar-refractivity contribution in [2.45, 2.75) is 20.4 Å². The summed E-state index contributed by atoms with van der Waals surface area (Å²) in [7, 11) is 0. The third-order valence-electron chi connectivity index (χ3n) is 3.01. The van der Waals surface area contributed by atoms with Gasteiger partial charge in [0.15, 0.2) is 5.82 Å². The van der Waals surface area contributed by atoms with E-state index >= 15 is 0 Å². The van der Waals surface area contributed by atoms with Gasteiger partial charge in [0.2, 0.25) is 5.95 Å². The zero-order valence-corrected chi connectivity index (χ0v) is 11.7. The van der Waals surface area contributed by atoms with E-state index < -0.39 is 0 Å². The number of benzene rings is 1. The molecule has 5 nitrogen and oxygen atoms in total. The first-order valence-electron chi connectivity index (χ1n) is 6.66. The van der Waals surface area contributed by atoms with E-state index in [2.05, 4.69) is 20.5 Å². The molecule has 0 bridgehead atoms. The first kappa shape index (κ1) is 14.2. The predicted octanol–water partition coefficient (Wildman–Crippen LogP) is 2.47. The van der Waals surface area contributed by atoms with Crippen LogP contribution < -0.4 is 10.2 Å². The van der Waals surface area contributed by atoms with Gasteiger partial charge >= 0.3 is 0 Å². The van der Waals surface area contributed by atoms with Crippen molar-refractivity contribution < 1.29 is 4.39 Å². The average Bonchev–Trinajstić information content (AvgIpc) is 2.48. The first-order valence-corrected chi connectivity index (χ1v) is 6.66. The van der Waals surface area contributed by atoms with Crippen molar-refractivity contribution >= 4 is 11.8 Å². The summed E-state index contributed by atoms with van der Waals surface area (Å²) in [6, 6.07) is 6.65. The number of anilines is 2. The second-order valence-electron chi connectivity index (χ2n) is 4.26. The van der Waals surface area contributed by atoms with E-state index in [1.165, 1.54) is 12.3 Å². The lowest BCUT2D eigenvalue weighted by Crippen LogP contribution is -2.24. The number of rotatable bonds is 6. The molecule has 20 heavy (non-hydrogen) atoms. The maximum atomic E-state index is 13.5. The van der Waals surface area contributed by atoms with E-state index in [4.69, 9.17) is 0 Å². The van der Waals surface area contributed by atoms with Gasteiger partial charge in [0.1, 0.15) is 5.82 Å². The molecule has 0 atom stereocenters. The van der Waals surface area contributed by atoms with Crippen molar-refractivity contribution in [2.24, 2.45) is 0 Å². The van der Waals surface area contributed by atoms with Gasteiger partial charge in [0, 0.05) is 25.2 Å². The lowest BCUT2D eigenvalue weighted by molar-refractivity contribution is 0.613. The lowest BCUT2D eigenvalue weighted by atomic mass is 10.2. The fourth-order valence-electron chi connectivity index (χ4n) is 1.85. The van der Waals surface area contributed by atoms with Crippen LogP contribution in [0.1, 0.15) is 19.4 Å². The van der Waals surface area contributed by atoms with Gasteiger partial charge in [-0.15, -0.1) is 5.10 Å². The standard InChI is InChI=1S/C14H18FN5/c1-3-20(4-2)14-18-13(10-17-19-14)16-9-11-7-5-6-8-12(11)15/h5-8,10H,3-4,9H2,1-2H3,(H,16,18,19). The molecule has 0 aliphatic heterocycles. The van der Waals surface area contributed by atoms with E-state index in [1.54, 1.807) is 18.2 Å². The second kappa shape index (κ2) is 6.79. The van der Waals surface area contributed by atoms with Crippen molar-refractivity contribution in [3.63, 3.8) is 0 Å². The summed E-state index contributed by atoms with van der Waals surface area (Å²) >= 11 is 0. The van der Waals surface area contributed by atoms with Gasteiger partial charge in [-0.1, -0.05) is 18.2 Å². The summed E-state index contributed by atoms with van der Waals surface area (Å²) < 4.78 is 13.5. The van der Waals surface area contributed by atoms with Crippen molar-refractivity contribution in [3.8, 4) is 0 Å². The second-order valence-corrected chi connectivity index (χ2v) is 4.26. The van der Waals surface area contributed by atoms with Crippen LogP contribution in [0.4, 0.5) is 16.2 Å². The van der Waals surface area contributed by atoms with Gasteiger partial charge in [-0.25, -0.2) is 4.39 Å². The Hall–Kier alpha value is -2.24. The molecule has 0 saturated heterocycles. The van der Waals surface area contributed by atoms with E-state index in [9.17, 15) is 4.39 Å². The van der Waals surface area contributed by atoms with Gasteiger partial charge in [-0.05, 0) is 19.9 Å². The molecule has 1 aromatic heterocycles. The highest BCUT2D eigenvalue weighted by Gasteiger charge is 2.07. The zero-order valence-electron chi connectivity index (χ0n) is 11.7. The van der Waals surface area contributed by atoms with Crippen LogP contribution >= 0.6 is 0 Å². The van der Waals surface area contributed by atoms with Crippen LogP contribution in [0.3, 0.4) is 0 Å². The van der Waals surface area contributed by atoms with Gasteiger partial charge in [0.25, 0.3) is 0 Å². The molecule has 1 aromatic carbocycles. The van der Waals surface area contributed by atoms with E-state index in [0.717, 1.165) is 13.1 Å². The van der Waals surface area contributed by atoms with Crippen molar-refractivity contribution in [1.82, 2.24) is 15.2 Å². The van der Waals surface area contributed by atoms with Crippen LogP contribution in [0, 0.1) is 5.82 Å². The summed E-state index contributed by atoms with van der Waals surface area (Å²) in [6.07, 6.45) is 1.54. The summed E-state index contributed by atoms with van der Waals surface area (Å²) in [5, 5.41) is 11.0. The third-order valence-corrected chi connectivity index (χ3v) is 3.01. The smallest absolute Gasteiger partial charge is 0.247 e. The molecular weight excluding hydrogens is 257 g/mol. The molecule has 1 heterocycles. The number of halogens is 1. The molecule has 2 rings (SSSR count). The van der Waals surface area contributed by atoms with Crippen LogP contribution in [0.5, 0.6) is 0 Å². The average molecular weight is 275 g/mol. The number of hydrogen-bond acceptors (Lipinski definition) is 5. The van der Waals surface area contributed by atoms with Crippen molar-refractivity contribution in [2.75, 3.05) is 23.3 Å². The topological polar surface area (TPSA) is 53.9 Å². The van der Waals surface area contributed by atoms with E-state index in [0.29, 0.717) is 23.9 Å². The number of aromatic nitrogens is 3. The molecular formula is C14H18FN5. The zero-order chi connectivity index (χ0) is 14.4. The van der Waals surface area contributed by atoms with Crippen LogP contribution in [0.2, 0.25) is 0 Å². The molecule has 0 spiro atoms. The molecule has 0 aliphatic carbocycles. The van der Waals surface area contributed by atoms with Crippen molar-refractivity contribution in [1.29, 1.82) is 0 Å². The normalized spacial score (nSPS) is 10.3. The Morgan fingerprint density at radius 1 is 1.20 bits per heavy atom. The summed E-state index contributed by atoms with van der Waals surface area (Å²) in [6.45, 7) is 6.06. The summed E-state index contributed by atoms with van der Waals surface area (Å²) in [5.41, 5.74) is 0.593. The monoisotopic (exact) mass is 275 g/mol. The Kier molecular flexibility index (Phi) is 4.81. The van der Waals surface area contributed by atoms with E-state index in [-0.39, 0.29) is 5.82 Å². The maximum Gasteiger partial charge on any atom is 0.247 e. The molecule has 1 N–H and O–H groups in total. The van der Waals surface area contributed by atoms with E-state index in [1.807, 2.05) is 18.7 Å². The quantitative estimate of drug-likeness (QED) is 0.877. The molecule has 2 aromatic rings. The SMILES string of the molecule is CCN(CC)c1nncc(NCc2ccccc2F)n1. The molecule has 0 amide bonds. The Bertz CT molecular complexity index is 557. The Morgan fingerprint density at radius 2 is 1.95 bits per heavy atom. The fraction of sp³-hybridized carbons (Fsp3) is 0.357. The molecule has 0 aliphatic rings. The minimum absolute atomic E-state index is 0.231. The minimum atomic E-state index is -0.231. The number of nitrogens with zero attached hydrogens (tertiary/aromatic N) is 4. The Morgan fingerprint density at radius 3 is 2.65 bits per heavy atom. The van der Waals surface area contributed by atoms with Gasteiger partial charge < -0.3 is 10.2 Å². The number of hydrogen-bond donors (Lipinski definition) is 1. The molecule has 0 unspecified atom stereocenters. The highest BCUT2D eigenvalue weighted by Crippen LogP contribution is 2.11. The summed E-state index contributed by atoms with van der Waals surface area (Å²) in [5.74, 6) is 0.935. The van der Waals surface area contributed by atoms with Gasteiger partial charge in [0.05, 0.1) is 6.20 Å². The summed E-state index contributed by atoms with van der Waals surface area (Å²) in [4.78, 5) is 6.38. The molecule has 106 valence electrons. The number of nitrogens with one attached hydrogen (secondary N) is 1. The first-order chi connectivity index (χ1) is 9.74. The van der Waals surface area contributed by atoms with Crippen LogP contribution in [-0.4, -0.2) is 28.3 Å². The van der Waals surface area contributed by atoms with Crippen LogP contribution in [-0.2, 0) is 6.54 Å². The Labute approximate surface area is 117 Å². The third kappa shape index (κ3) is 3.40. The van der Waals surface area contributed by atoms with Crippen LogP contribution in [0.15, 0.2) is 30.5 Å². The largest absolute Gasteiger partial charge is 0.364 e.